The van der Waals surface area contributed by atoms with Crippen LogP contribution in [0.5, 0.6) is 0 Å². The van der Waals surface area contributed by atoms with E-state index in [0.29, 0.717) is 0 Å². The molecule has 1 aromatic rings. The zero-order chi connectivity index (χ0) is 7.90. The molecule has 0 amide bonds. The first-order chi connectivity index (χ1) is 5.21. The van der Waals surface area contributed by atoms with E-state index in [9.17, 15) is 0 Å². The summed E-state index contributed by atoms with van der Waals surface area (Å²) in [5, 5.41) is 2.08. The molecule has 0 radical (unpaired) electrons. The number of halogens is 1. The molecule has 0 aliphatic carbocycles. The largest absolute Gasteiger partial charge is 0.378 e. The predicted molar refractivity (Wildman–Crippen MR) is 53.5 cm³/mol. The number of thiophene rings is 1. The van der Waals surface area contributed by atoms with Gasteiger partial charge in [-0.3, -0.25) is 0 Å². The quantitative estimate of drug-likeness (QED) is 0.755. The Morgan fingerprint density at radius 3 is 2.73 bits per heavy atom. The van der Waals surface area contributed by atoms with Gasteiger partial charge in [0, 0.05) is 14.7 Å². The lowest BCUT2D eigenvalue weighted by Crippen LogP contribution is -2.40. The van der Waals surface area contributed by atoms with Crippen LogP contribution in [0.1, 0.15) is 4.88 Å². The highest BCUT2D eigenvalue weighted by molar-refractivity contribution is 9.10. The van der Waals surface area contributed by atoms with Crippen LogP contribution < -0.4 is 0 Å². The summed E-state index contributed by atoms with van der Waals surface area (Å²) >= 11 is 9.68. The first kappa shape index (κ1) is 8.10. The molecular formula is C7H7BrOS2. The number of ether oxygens (including phenoxy) is 1. The van der Waals surface area contributed by atoms with E-state index in [2.05, 4.69) is 40.0 Å². The van der Waals surface area contributed by atoms with Crippen LogP contribution in [0.4, 0.5) is 0 Å². The van der Waals surface area contributed by atoms with Gasteiger partial charge in [-0.25, -0.2) is 0 Å². The van der Waals surface area contributed by atoms with Crippen LogP contribution >= 0.6 is 39.9 Å². The van der Waals surface area contributed by atoms with Gasteiger partial charge in [0.05, 0.1) is 18.0 Å². The molecule has 60 valence electrons. The Bertz CT molecular complexity index is 267. The highest BCUT2D eigenvalue weighted by atomic mass is 79.9. The van der Waals surface area contributed by atoms with Crippen molar-refractivity contribution in [3.63, 3.8) is 0 Å². The lowest BCUT2D eigenvalue weighted by atomic mass is 10.1. The molecule has 2 rings (SSSR count). The van der Waals surface area contributed by atoms with Gasteiger partial charge >= 0.3 is 0 Å². The summed E-state index contributed by atoms with van der Waals surface area (Å²) in [5.74, 6) is 0. The highest BCUT2D eigenvalue weighted by Crippen LogP contribution is 2.40. The van der Waals surface area contributed by atoms with Crippen LogP contribution in [0.2, 0.25) is 0 Å². The van der Waals surface area contributed by atoms with E-state index in [1.807, 2.05) is 0 Å². The van der Waals surface area contributed by atoms with Crippen molar-refractivity contribution in [1.82, 2.24) is 0 Å². The molecule has 4 heteroatoms. The van der Waals surface area contributed by atoms with Crippen molar-refractivity contribution in [2.75, 3.05) is 13.2 Å². The van der Waals surface area contributed by atoms with Crippen LogP contribution in [-0.2, 0) is 9.48 Å². The Morgan fingerprint density at radius 2 is 2.36 bits per heavy atom. The third kappa shape index (κ3) is 1.37. The van der Waals surface area contributed by atoms with E-state index in [1.165, 1.54) is 4.88 Å². The van der Waals surface area contributed by atoms with Crippen LogP contribution in [0.25, 0.3) is 0 Å². The van der Waals surface area contributed by atoms with Crippen LogP contribution in [0, 0.1) is 0 Å². The predicted octanol–water partition coefficient (Wildman–Crippen LogP) is 2.67. The molecule has 0 N–H and O–H groups in total. The molecule has 1 aliphatic rings. The molecule has 0 unspecified atom stereocenters. The van der Waals surface area contributed by atoms with Gasteiger partial charge in [-0.15, -0.1) is 11.3 Å². The lowest BCUT2D eigenvalue weighted by molar-refractivity contribution is -0.00812. The maximum absolute atomic E-state index is 5.12. The van der Waals surface area contributed by atoms with Gasteiger partial charge in [0.15, 0.2) is 0 Å². The number of hydrogen-bond acceptors (Lipinski definition) is 3. The average Bonchev–Trinajstić information content (AvgIpc) is 2.31. The van der Waals surface area contributed by atoms with Gasteiger partial charge in [-0.05, 0) is 22.0 Å². The third-order valence-electron chi connectivity index (χ3n) is 1.71. The molecule has 0 spiro atoms. The summed E-state index contributed by atoms with van der Waals surface area (Å²) in [5.41, 5.74) is 0. The van der Waals surface area contributed by atoms with Crippen molar-refractivity contribution < 1.29 is 4.74 Å². The Hall–Kier alpha value is 0.490. The van der Waals surface area contributed by atoms with E-state index in [4.69, 9.17) is 4.74 Å². The molecule has 1 aromatic heterocycles. The lowest BCUT2D eigenvalue weighted by Gasteiger charge is -2.35. The standard InChI is InChI=1S/C7H7BrOS2/c8-5-1-6(11-2-5)7(10)3-9-4-7/h1-2,10H,3-4H2. The molecule has 1 saturated heterocycles. The SMILES string of the molecule is SC1(c2cc(Br)cs2)COC1. The van der Waals surface area contributed by atoms with Crippen molar-refractivity contribution in [3.05, 3.63) is 20.8 Å². The molecule has 11 heavy (non-hydrogen) atoms. The molecule has 0 saturated carbocycles. The molecule has 0 atom stereocenters. The van der Waals surface area contributed by atoms with Crippen molar-refractivity contribution in [3.8, 4) is 0 Å². The number of thiol groups is 1. The van der Waals surface area contributed by atoms with Gasteiger partial charge < -0.3 is 4.74 Å². The fourth-order valence-corrected chi connectivity index (χ4v) is 2.90. The first-order valence-corrected chi connectivity index (χ1v) is 5.37. The zero-order valence-corrected chi connectivity index (χ0v) is 9.01. The Labute approximate surface area is 83.3 Å². The summed E-state index contributed by atoms with van der Waals surface area (Å²) in [6, 6.07) is 2.11. The summed E-state index contributed by atoms with van der Waals surface area (Å²) in [7, 11) is 0. The molecule has 1 aliphatic heterocycles. The maximum Gasteiger partial charge on any atom is 0.0937 e. The highest BCUT2D eigenvalue weighted by Gasteiger charge is 2.37. The normalized spacial score (nSPS) is 21.3. The summed E-state index contributed by atoms with van der Waals surface area (Å²) < 4.78 is 6.25. The monoisotopic (exact) mass is 250 g/mol. The van der Waals surface area contributed by atoms with Crippen LogP contribution in [0.3, 0.4) is 0 Å². The molecule has 0 aromatic carbocycles. The second kappa shape index (κ2) is 2.76. The second-order valence-corrected chi connectivity index (χ2v) is 5.34. The van der Waals surface area contributed by atoms with E-state index in [1.54, 1.807) is 11.3 Å². The smallest absolute Gasteiger partial charge is 0.0937 e. The number of rotatable bonds is 1. The van der Waals surface area contributed by atoms with Crippen molar-refractivity contribution in [1.29, 1.82) is 0 Å². The third-order valence-corrected chi connectivity index (χ3v) is 4.25. The second-order valence-electron chi connectivity index (χ2n) is 2.65. The Morgan fingerprint density at radius 1 is 1.64 bits per heavy atom. The molecule has 0 bridgehead atoms. The van der Waals surface area contributed by atoms with Gasteiger partial charge in [-0.1, -0.05) is 0 Å². The van der Waals surface area contributed by atoms with Gasteiger partial charge in [-0.2, -0.15) is 12.6 Å². The van der Waals surface area contributed by atoms with E-state index in [-0.39, 0.29) is 4.75 Å². The molecule has 1 nitrogen and oxygen atoms in total. The van der Waals surface area contributed by atoms with Gasteiger partial charge in [0.1, 0.15) is 0 Å². The Kier molecular flexibility index (Phi) is 2.04. The van der Waals surface area contributed by atoms with E-state index in [0.717, 1.165) is 17.7 Å². The minimum absolute atomic E-state index is 0.00329. The summed E-state index contributed by atoms with van der Waals surface area (Å²) in [4.78, 5) is 1.29. The van der Waals surface area contributed by atoms with Crippen LogP contribution in [-0.4, -0.2) is 13.2 Å². The van der Waals surface area contributed by atoms with Crippen molar-refractivity contribution >= 4 is 39.9 Å². The first-order valence-electron chi connectivity index (χ1n) is 3.25. The number of hydrogen-bond donors (Lipinski definition) is 1. The minimum Gasteiger partial charge on any atom is -0.378 e. The van der Waals surface area contributed by atoms with Crippen molar-refractivity contribution in [2.24, 2.45) is 0 Å². The summed E-state index contributed by atoms with van der Waals surface area (Å²) in [6.45, 7) is 1.48. The Balaban J connectivity index is 2.28. The van der Waals surface area contributed by atoms with Gasteiger partial charge in [0.25, 0.3) is 0 Å². The van der Waals surface area contributed by atoms with Gasteiger partial charge in [0.2, 0.25) is 0 Å². The van der Waals surface area contributed by atoms with Crippen LogP contribution in [0.15, 0.2) is 15.9 Å². The fourth-order valence-electron chi connectivity index (χ4n) is 0.995. The van der Waals surface area contributed by atoms with Crippen molar-refractivity contribution in [2.45, 2.75) is 4.75 Å². The van der Waals surface area contributed by atoms with E-state index >= 15 is 0 Å². The average molecular weight is 251 g/mol. The molecule has 1 fully saturated rings. The molecular weight excluding hydrogens is 244 g/mol. The zero-order valence-electron chi connectivity index (χ0n) is 5.71. The minimum atomic E-state index is -0.00329. The van der Waals surface area contributed by atoms with E-state index < -0.39 is 0 Å². The summed E-state index contributed by atoms with van der Waals surface area (Å²) in [6.07, 6.45) is 0. The fraction of sp³-hybridized carbons (Fsp3) is 0.429. The maximum atomic E-state index is 5.12. The molecule has 2 heterocycles. The topological polar surface area (TPSA) is 9.23 Å².